The van der Waals surface area contributed by atoms with Gasteiger partial charge in [-0.25, -0.2) is 15.0 Å². The molecule has 0 amide bonds. The Balaban J connectivity index is 1.60. The van der Waals surface area contributed by atoms with Gasteiger partial charge in [0.05, 0.1) is 5.52 Å². The van der Waals surface area contributed by atoms with Crippen molar-refractivity contribution in [2.24, 2.45) is 0 Å². The molecular weight excluding hydrogens is 430 g/mol. The second kappa shape index (κ2) is 8.04. The van der Waals surface area contributed by atoms with Crippen LogP contribution in [0.5, 0.6) is 0 Å². The number of benzene rings is 2. The van der Waals surface area contributed by atoms with Gasteiger partial charge in [0.15, 0.2) is 0 Å². The number of rotatable bonds is 4. The number of aromatic nitrogens is 5. The molecule has 8 heteroatoms. The van der Waals surface area contributed by atoms with Gasteiger partial charge < -0.3 is 10.6 Å². The normalized spacial score (nSPS) is 11.8. The predicted molar refractivity (Wildman–Crippen MR) is 136 cm³/mol. The molecule has 5 aromatic rings. The highest BCUT2D eigenvalue weighted by molar-refractivity contribution is 7.15. The average Bonchev–Trinajstić information content (AvgIpc) is 3.28. The lowest BCUT2D eigenvalue weighted by atomic mass is 9.94. The summed E-state index contributed by atoms with van der Waals surface area (Å²) in [7, 11) is 1.82. The van der Waals surface area contributed by atoms with Gasteiger partial charge in [0, 0.05) is 35.6 Å². The Hall–Kier alpha value is -3.65. The van der Waals surface area contributed by atoms with Crippen molar-refractivity contribution in [2.45, 2.75) is 33.1 Å². The summed E-state index contributed by atoms with van der Waals surface area (Å²) in [6.45, 7) is 8.54. The van der Waals surface area contributed by atoms with Crippen LogP contribution in [0.3, 0.4) is 0 Å². The molecular formula is C25H25N7S. The molecule has 0 aliphatic rings. The number of anilines is 3. The fourth-order valence-corrected chi connectivity index (χ4v) is 4.63. The van der Waals surface area contributed by atoms with Crippen molar-refractivity contribution >= 4 is 49.9 Å². The van der Waals surface area contributed by atoms with Gasteiger partial charge in [0.25, 0.3) is 0 Å². The minimum atomic E-state index is -0.0399. The summed E-state index contributed by atoms with van der Waals surface area (Å²) in [5, 5.41) is 19.9. The van der Waals surface area contributed by atoms with Crippen molar-refractivity contribution in [1.82, 2.24) is 25.1 Å². The second-order valence-electron chi connectivity index (χ2n) is 9.02. The SMILES string of the molecule is CNc1ncc2cc(-c3c(C)ccc4c(Nc5nnc(C(C)(C)C)s5)nccc34)ccc2n1. The third-order valence-electron chi connectivity index (χ3n) is 5.54. The summed E-state index contributed by atoms with van der Waals surface area (Å²) in [4.78, 5) is 13.5. The van der Waals surface area contributed by atoms with Gasteiger partial charge in [0.1, 0.15) is 10.8 Å². The Morgan fingerprint density at radius 2 is 1.79 bits per heavy atom. The molecule has 0 fully saturated rings. The van der Waals surface area contributed by atoms with E-state index in [4.69, 9.17) is 0 Å². The van der Waals surface area contributed by atoms with E-state index in [-0.39, 0.29) is 5.41 Å². The van der Waals surface area contributed by atoms with Crippen LogP contribution in [-0.4, -0.2) is 32.2 Å². The molecule has 0 bridgehead atoms. The summed E-state index contributed by atoms with van der Waals surface area (Å²) in [5.74, 6) is 1.39. The minimum absolute atomic E-state index is 0.0399. The maximum Gasteiger partial charge on any atom is 0.222 e. The summed E-state index contributed by atoms with van der Waals surface area (Å²) in [6.07, 6.45) is 3.69. The van der Waals surface area contributed by atoms with Crippen molar-refractivity contribution in [3.8, 4) is 11.1 Å². The number of pyridine rings is 1. The lowest BCUT2D eigenvalue weighted by Crippen LogP contribution is -2.10. The molecule has 0 unspecified atom stereocenters. The largest absolute Gasteiger partial charge is 0.357 e. The lowest BCUT2D eigenvalue weighted by Gasteiger charge is -2.14. The van der Waals surface area contributed by atoms with E-state index < -0.39 is 0 Å². The zero-order valence-corrected chi connectivity index (χ0v) is 20.1. The van der Waals surface area contributed by atoms with Crippen LogP contribution in [0.25, 0.3) is 32.8 Å². The molecule has 33 heavy (non-hydrogen) atoms. The van der Waals surface area contributed by atoms with E-state index in [2.05, 4.69) is 93.8 Å². The van der Waals surface area contributed by atoms with Crippen molar-refractivity contribution < 1.29 is 0 Å². The van der Waals surface area contributed by atoms with Gasteiger partial charge in [-0.3, -0.25) is 0 Å². The Labute approximate surface area is 196 Å². The first-order chi connectivity index (χ1) is 15.8. The van der Waals surface area contributed by atoms with E-state index in [0.717, 1.165) is 43.2 Å². The predicted octanol–water partition coefficient (Wildman–Crippen LogP) is 6.09. The van der Waals surface area contributed by atoms with E-state index in [9.17, 15) is 0 Å². The smallest absolute Gasteiger partial charge is 0.222 e. The van der Waals surface area contributed by atoms with E-state index in [1.165, 1.54) is 11.1 Å². The lowest BCUT2D eigenvalue weighted by molar-refractivity contribution is 0.578. The number of nitrogens with zero attached hydrogens (tertiary/aromatic N) is 5. The van der Waals surface area contributed by atoms with Crippen molar-refractivity contribution in [2.75, 3.05) is 17.7 Å². The average molecular weight is 456 g/mol. The van der Waals surface area contributed by atoms with E-state index in [1.807, 2.05) is 25.5 Å². The summed E-state index contributed by atoms with van der Waals surface area (Å²) < 4.78 is 0. The van der Waals surface area contributed by atoms with Crippen LogP contribution in [0.4, 0.5) is 16.9 Å². The van der Waals surface area contributed by atoms with Gasteiger partial charge in [-0.1, -0.05) is 50.3 Å². The summed E-state index contributed by atoms with van der Waals surface area (Å²) in [5.41, 5.74) is 4.35. The molecule has 0 atom stereocenters. The van der Waals surface area contributed by atoms with Gasteiger partial charge in [-0.2, -0.15) is 0 Å². The number of aryl methyl sites for hydroxylation is 1. The van der Waals surface area contributed by atoms with Gasteiger partial charge in [0.2, 0.25) is 11.1 Å². The minimum Gasteiger partial charge on any atom is -0.357 e. The van der Waals surface area contributed by atoms with Crippen LogP contribution in [0.15, 0.2) is 48.8 Å². The molecule has 0 aliphatic heterocycles. The highest BCUT2D eigenvalue weighted by Crippen LogP contribution is 2.37. The third-order valence-corrected chi connectivity index (χ3v) is 6.80. The Bertz CT molecular complexity index is 1480. The quantitative estimate of drug-likeness (QED) is 0.339. The van der Waals surface area contributed by atoms with Crippen molar-refractivity contribution in [3.63, 3.8) is 0 Å². The first kappa shape index (κ1) is 21.2. The first-order valence-corrected chi connectivity index (χ1v) is 11.6. The molecule has 0 spiro atoms. The molecule has 3 heterocycles. The van der Waals surface area contributed by atoms with Crippen molar-refractivity contribution in [3.05, 3.63) is 59.4 Å². The van der Waals surface area contributed by atoms with Crippen LogP contribution in [0.2, 0.25) is 0 Å². The molecule has 3 aromatic heterocycles. The fraction of sp³-hybridized carbons (Fsp3) is 0.240. The highest BCUT2D eigenvalue weighted by atomic mass is 32.1. The molecule has 0 radical (unpaired) electrons. The Morgan fingerprint density at radius 1 is 0.939 bits per heavy atom. The van der Waals surface area contributed by atoms with E-state index >= 15 is 0 Å². The zero-order valence-electron chi connectivity index (χ0n) is 19.3. The maximum absolute atomic E-state index is 4.61. The van der Waals surface area contributed by atoms with Gasteiger partial charge in [-0.15, -0.1) is 10.2 Å². The Morgan fingerprint density at radius 3 is 2.55 bits per heavy atom. The number of nitrogens with one attached hydrogen (secondary N) is 2. The van der Waals surface area contributed by atoms with Gasteiger partial charge in [-0.05, 0) is 47.2 Å². The maximum atomic E-state index is 4.61. The first-order valence-electron chi connectivity index (χ1n) is 10.8. The molecule has 0 saturated carbocycles. The van der Waals surface area contributed by atoms with E-state index in [1.54, 1.807) is 11.3 Å². The highest BCUT2D eigenvalue weighted by Gasteiger charge is 2.20. The number of hydrogen-bond acceptors (Lipinski definition) is 8. The van der Waals surface area contributed by atoms with Crippen molar-refractivity contribution in [1.29, 1.82) is 0 Å². The standard InChI is InChI=1S/C25H25N7S/c1-14-6-8-18-17(10-11-27-21(18)30-24-32-31-22(33-24)25(2,3)4)20(14)15-7-9-19-16(12-15)13-28-23(26-5)29-19/h6-13H,1-5H3,(H,26,28,29)(H,27,30,32). The molecule has 0 aliphatic carbocycles. The zero-order chi connectivity index (χ0) is 23.2. The topological polar surface area (TPSA) is 88.5 Å². The monoisotopic (exact) mass is 455 g/mol. The molecule has 2 N–H and O–H groups in total. The van der Waals surface area contributed by atoms with Crippen LogP contribution in [0, 0.1) is 6.92 Å². The fourth-order valence-electron chi connectivity index (χ4n) is 3.83. The third kappa shape index (κ3) is 3.98. The number of hydrogen-bond donors (Lipinski definition) is 2. The summed E-state index contributed by atoms with van der Waals surface area (Å²) >= 11 is 1.56. The van der Waals surface area contributed by atoms with Crippen LogP contribution in [-0.2, 0) is 5.41 Å². The number of fused-ring (bicyclic) bond motifs is 2. The second-order valence-corrected chi connectivity index (χ2v) is 9.99. The van der Waals surface area contributed by atoms with Crippen LogP contribution >= 0.6 is 11.3 Å². The van der Waals surface area contributed by atoms with Gasteiger partial charge >= 0.3 is 0 Å². The molecule has 0 saturated heterocycles. The van der Waals surface area contributed by atoms with Crippen LogP contribution in [0.1, 0.15) is 31.3 Å². The van der Waals surface area contributed by atoms with Crippen LogP contribution < -0.4 is 10.6 Å². The molecule has 5 rings (SSSR count). The summed E-state index contributed by atoms with van der Waals surface area (Å²) in [6, 6.07) is 12.6. The molecule has 166 valence electrons. The molecule has 2 aromatic carbocycles. The Kier molecular flexibility index (Phi) is 5.17. The molecule has 7 nitrogen and oxygen atoms in total. The van der Waals surface area contributed by atoms with E-state index in [0.29, 0.717) is 5.95 Å².